The van der Waals surface area contributed by atoms with E-state index in [1.807, 2.05) is 18.7 Å². The highest BCUT2D eigenvalue weighted by Crippen LogP contribution is 2.22. The minimum Gasteiger partial charge on any atom is -0.340 e. The number of fused-ring (bicyclic) bond motifs is 1. The molecule has 22 heavy (non-hydrogen) atoms. The molecule has 2 aliphatic heterocycles. The molecule has 0 bridgehead atoms. The van der Waals surface area contributed by atoms with Crippen LogP contribution in [0.4, 0.5) is 0 Å². The van der Waals surface area contributed by atoms with Gasteiger partial charge < -0.3 is 4.90 Å². The van der Waals surface area contributed by atoms with E-state index in [9.17, 15) is 4.79 Å². The highest BCUT2D eigenvalue weighted by Gasteiger charge is 2.30. The minimum atomic E-state index is 0.313. The number of hydrogen-bond donors (Lipinski definition) is 0. The lowest BCUT2D eigenvalue weighted by Crippen LogP contribution is -2.56. The summed E-state index contributed by atoms with van der Waals surface area (Å²) >= 11 is 0. The molecule has 0 saturated carbocycles. The minimum absolute atomic E-state index is 0.313. The van der Waals surface area contributed by atoms with Crippen molar-refractivity contribution in [2.24, 2.45) is 7.05 Å². The van der Waals surface area contributed by atoms with Gasteiger partial charge in [0, 0.05) is 44.8 Å². The van der Waals surface area contributed by atoms with Crippen molar-refractivity contribution in [1.82, 2.24) is 19.6 Å². The number of carbonyl (C=O) groups excluding carboxylic acids is 1. The molecule has 0 radical (unpaired) electrons. The smallest absolute Gasteiger partial charge is 0.223 e. The predicted octanol–water partition coefficient (Wildman–Crippen LogP) is 1.67. The molecule has 1 unspecified atom stereocenters. The first kappa shape index (κ1) is 15.5. The Bertz CT molecular complexity index is 551. The van der Waals surface area contributed by atoms with Gasteiger partial charge in [-0.25, -0.2) is 0 Å². The van der Waals surface area contributed by atoms with E-state index >= 15 is 0 Å². The highest BCUT2D eigenvalue weighted by atomic mass is 16.2. The van der Waals surface area contributed by atoms with Crippen LogP contribution in [0.1, 0.15) is 42.6 Å². The number of aromatic nitrogens is 2. The van der Waals surface area contributed by atoms with Gasteiger partial charge in [-0.2, -0.15) is 5.10 Å². The average Bonchev–Trinajstić information content (AvgIpc) is 2.77. The molecule has 2 fully saturated rings. The first-order chi connectivity index (χ1) is 10.6. The van der Waals surface area contributed by atoms with E-state index in [0.717, 1.165) is 31.7 Å². The van der Waals surface area contributed by atoms with Crippen LogP contribution in [-0.4, -0.2) is 57.7 Å². The molecule has 0 aliphatic carbocycles. The second kappa shape index (κ2) is 6.41. The van der Waals surface area contributed by atoms with Gasteiger partial charge in [-0.15, -0.1) is 0 Å². The zero-order valence-corrected chi connectivity index (χ0v) is 14.1. The predicted molar refractivity (Wildman–Crippen MR) is 86.8 cm³/mol. The summed E-state index contributed by atoms with van der Waals surface area (Å²) in [6.07, 6.45) is 5.32. The zero-order chi connectivity index (χ0) is 15.7. The summed E-state index contributed by atoms with van der Waals surface area (Å²) in [5.74, 6) is 0.313. The first-order valence-electron chi connectivity index (χ1n) is 8.57. The molecule has 1 aromatic heterocycles. The number of piperidine rings is 1. The van der Waals surface area contributed by atoms with Crippen molar-refractivity contribution >= 4 is 5.91 Å². The Hall–Kier alpha value is -1.36. The molecular formula is C17H28N4O. The van der Waals surface area contributed by atoms with E-state index in [1.165, 1.54) is 37.1 Å². The summed E-state index contributed by atoms with van der Waals surface area (Å²) in [5, 5.41) is 4.44. The van der Waals surface area contributed by atoms with Gasteiger partial charge >= 0.3 is 0 Å². The number of piperazine rings is 1. The molecule has 0 N–H and O–H groups in total. The van der Waals surface area contributed by atoms with Crippen molar-refractivity contribution in [3.63, 3.8) is 0 Å². The number of hydrogen-bond acceptors (Lipinski definition) is 3. The van der Waals surface area contributed by atoms with Crippen LogP contribution in [-0.2, 0) is 18.3 Å². The highest BCUT2D eigenvalue weighted by molar-refractivity contribution is 5.76. The molecule has 3 heterocycles. The van der Waals surface area contributed by atoms with Crippen LogP contribution in [0.5, 0.6) is 0 Å². The normalized spacial score (nSPS) is 22.7. The van der Waals surface area contributed by atoms with Gasteiger partial charge in [0.2, 0.25) is 5.91 Å². The van der Waals surface area contributed by atoms with Crippen LogP contribution in [0.2, 0.25) is 0 Å². The van der Waals surface area contributed by atoms with Gasteiger partial charge in [0.1, 0.15) is 0 Å². The Balaban J connectivity index is 1.56. The van der Waals surface area contributed by atoms with E-state index in [2.05, 4.69) is 21.8 Å². The lowest BCUT2D eigenvalue weighted by Gasteiger charge is -2.44. The largest absolute Gasteiger partial charge is 0.340 e. The summed E-state index contributed by atoms with van der Waals surface area (Å²) < 4.78 is 1.91. The summed E-state index contributed by atoms with van der Waals surface area (Å²) in [4.78, 5) is 17.2. The van der Waals surface area contributed by atoms with Crippen molar-refractivity contribution in [3.05, 3.63) is 17.0 Å². The fraction of sp³-hybridized carbons (Fsp3) is 0.765. The molecule has 5 heteroatoms. The average molecular weight is 304 g/mol. The second-order valence-corrected chi connectivity index (χ2v) is 6.80. The molecule has 3 rings (SSSR count). The number of rotatable bonds is 3. The maximum Gasteiger partial charge on any atom is 0.223 e. The topological polar surface area (TPSA) is 41.4 Å². The second-order valence-electron chi connectivity index (χ2n) is 6.80. The van der Waals surface area contributed by atoms with Gasteiger partial charge in [-0.1, -0.05) is 6.42 Å². The van der Waals surface area contributed by atoms with Gasteiger partial charge in [0.25, 0.3) is 0 Å². The third-order valence-electron chi connectivity index (χ3n) is 5.44. The number of amides is 1. The molecular weight excluding hydrogens is 276 g/mol. The van der Waals surface area contributed by atoms with E-state index < -0.39 is 0 Å². The molecule has 5 nitrogen and oxygen atoms in total. The maximum absolute atomic E-state index is 12.6. The van der Waals surface area contributed by atoms with Crippen LogP contribution in [0.25, 0.3) is 0 Å². The van der Waals surface area contributed by atoms with Crippen molar-refractivity contribution < 1.29 is 4.79 Å². The Morgan fingerprint density at radius 3 is 2.77 bits per heavy atom. The van der Waals surface area contributed by atoms with Crippen molar-refractivity contribution in [1.29, 1.82) is 0 Å². The van der Waals surface area contributed by atoms with Gasteiger partial charge in [0.05, 0.1) is 5.69 Å². The van der Waals surface area contributed by atoms with Crippen molar-refractivity contribution in [2.75, 3.05) is 26.2 Å². The fourth-order valence-electron chi connectivity index (χ4n) is 3.95. The lowest BCUT2D eigenvalue weighted by atomic mass is 9.99. The summed E-state index contributed by atoms with van der Waals surface area (Å²) in [6, 6.07) is 0.605. The number of carbonyl (C=O) groups is 1. The molecule has 122 valence electrons. The molecule has 1 aromatic rings. The van der Waals surface area contributed by atoms with Crippen LogP contribution >= 0.6 is 0 Å². The molecule has 2 saturated heterocycles. The van der Waals surface area contributed by atoms with Crippen molar-refractivity contribution in [3.8, 4) is 0 Å². The molecule has 1 amide bonds. The van der Waals surface area contributed by atoms with E-state index in [0.29, 0.717) is 18.4 Å². The summed E-state index contributed by atoms with van der Waals surface area (Å²) in [5.41, 5.74) is 3.49. The lowest BCUT2D eigenvalue weighted by molar-refractivity contribution is -0.134. The third-order valence-corrected chi connectivity index (χ3v) is 5.44. The van der Waals surface area contributed by atoms with Gasteiger partial charge in [0.15, 0.2) is 0 Å². The SMILES string of the molecule is Cc1nn(C)c(C)c1CCC(=O)N1CCN2CCCCC2C1. The standard InChI is InChI=1S/C17H28N4O/c1-13-16(14(2)19(3)18-13)7-8-17(22)21-11-10-20-9-5-4-6-15(20)12-21/h15H,4-12H2,1-3H3. The summed E-state index contributed by atoms with van der Waals surface area (Å²) in [6.45, 7) is 8.24. The Labute approximate surface area is 133 Å². The van der Waals surface area contributed by atoms with Crippen LogP contribution < -0.4 is 0 Å². The van der Waals surface area contributed by atoms with Crippen molar-refractivity contribution in [2.45, 2.75) is 52.0 Å². The van der Waals surface area contributed by atoms with E-state index in [1.54, 1.807) is 0 Å². The molecule has 1 atom stereocenters. The van der Waals surface area contributed by atoms with Crippen LogP contribution in [0.3, 0.4) is 0 Å². The Morgan fingerprint density at radius 1 is 1.23 bits per heavy atom. The van der Waals surface area contributed by atoms with Gasteiger partial charge in [-0.3, -0.25) is 14.4 Å². The summed E-state index contributed by atoms with van der Waals surface area (Å²) in [7, 11) is 1.97. The Kier molecular flexibility index (Phi) is 4.52. The van der Waals surface area contributed by atoms with Crippen LogP contribution in [0.15, 0.2) is 0 Å². The quantitative estimate of drug-likeness (QED) is 0.853. The number of nitrogens with zero attached hydrogens (tertiary/aromatic N) is 4. The molecule has 0 spiro atoms. The van der Waals surface area contributed by atoms with Crippen LogP contribution in [0, 0.1) is 13.8 Å². The third kappa shape index (κ3) is 3.05. The zero-order valence-electron chi connectivity index (χ0n) is 14.1. The first-order valence-corrected chi connectivity index (χ1v) is 8.57. The fourth-order valence-corrected chi connectivity index (χ4v) is 3.95. The molecule has 2 aliphatic rings. The monoisotopic (exact) mass is 304 g/mol. The molecule has 0 aromatic carbocycles. The van der Waals surface area contributed by atoms with Gasteiger partial charge in [-0.05, 0) is 45.2 Å². The van der Waals surface area contributed by atoms with E-state index in [4.69, 9.17) is 0 Å². The maximum atomic E-state index is 12.6. The number of aryl methyl sites for hydroxylation is 2. The Morgan fingerprint density at radius 2 is 2.05 bits per heavy atom. The van der Waals surface area contributed by atoms with E-state index in [-0.39, 0.29) is 0 Å².